The molecule has 7 rings (SSSR count). The molecular formula is C30H18BrNO. The number of furan rings is 1. The number of halogens is 1. The standard InChI is InChI=1S/C30H18BrNO/c31-21-8-5-7-19(17-21)20-15-16-27-25(18-20)22-9-1-3-12-26(22)32(27)28-13-6-11-24-23-10-2-4-14-29(23)33-30(24)28/h1-18H. The maximum atomic E-state index is 6.39. The van der Waals surface area contributed by atoms with Crippen molar-refractivity contribution in [2.75, 3.05) is 0 Å². The van der Waals surface area contributed by atoms with Crippen molar-refractivity contribution in [2.24, 2.45) is 0 Å². The number of benzene rings is 5. The highest BCUT2D eigenvalue weighted by Crippen LogP contribution is 2.39. The second-order valence-corrected chi connectivity index (χ2v) is 9.26. The summed E-state index contributed by atoms with van der Waals surface area (Å²) in [7, 11) is 0. The average molecular weight is 488 g/mol. The summed E-state index contributed by atoms with van der Waals surface area (Å²) in [5.41, 5.74) is 7.63. The minimum Gasteiger partial charge on any atom is -0.454 e. The van der Waals surface area contributed by atoms with Crippen molar-refractivity contribution in [3.05, 3.63) is 114 Å². The van der Waals surface area contributed by atoms with Crippen LogP contribution >= 0.6 is 15.9 Å². The van der Waals surface area contributed by atoms with E-state index < -0.39 is 0 Å². The Labute approximate surface area is 198 Å². The largest absolute Gasteiger partial charge is 0.454 e. The predicted octanol–water partition coefficient (Wildman–Crippen LogP) is 9.11. The highest BCUT2D eigenvalue weighted by Gasteiger charge is 2.17. The molecule has 0 bridgehead atoms. The van der Waals surface area contributed by atoms with Crippen LogP contribution in [0.5, 0.6) is 0 Å². The Kier molecular flexibility index (Phi) is 4.02. The highest BCUT2D eigenvalue weighted by atomic mass is 79.9. The molecule has 3 heteroatoms. The summed E-state index contributed by atoms with van der Waals surface area (Å²) in [4.78, 5) is 0. The van der Waals surface area contributed by atoms with Crippen LogP contribution in [0.4, 0.5) is 0 Å². The molecule has 2 aromatic heterocycles. The Bertz CT molecular complexity index is 1840. The van der Waals surface area contributed by atoms with Gasteiger partial charge in [-0.05, 0) is 53.6 Å². The molecule has 0 aliphatic rings. The molecule has 0 amide bonds. The van der Waals surface area contributed by atoms with Crippen LogP contribution in [0.25, 0.3) is 60.6 Å². The van der Waals surface area contributed by atoms with Crippen LogP contribution in [-0.2, 0) is 0 Å². The smallest absolute Gasteiger partial charge is 0.159 e. The third kappa shape index (κ3) is 2.79. The molecule has 0 saturated carbocycles. The van der Waals surface area contributed by atoms with E-state index in [0.29, 0.717) is 0 Å². The fraction of sp³-hybridized carbons (Fsp3) is 0. The Morgan fingerprint density at radius 3 is 2.18 bits per heavy atom. The van der Waals surface area contributed by atoms with Gasteiger partial charge in [-0.2, -0.15) is 0 Å². The molecule has 0 radical (unpaired) electrons. The van der Waals surface area contributed by atoms with E-state index in [0.717, 1.165) is 32.1 Å². The van der Waals surface area contributed by atoms with Crippen molar-refractivity contribution in [1.82, 2.24) is 4.57 Å². The summed E-state index contributed by atoms with van der Waals surface area (Å²) in [6.07, 6.45) is 0. The normalized spacial score (nSPS) is 11.8. The van der Waals surface area contributed by atoms with Crippen molar-refractivity contribution in [3.63, 3.8) is 0 Å². The topological polar surface area (TPSA) is 18.1 Å². The first kappa shape index (κ1) is 18.7. The quantitative estimate of drug-likeness (QED) is 0.237. The second kappa shape index (κ2) is 7.09. The molecule has 0 aliphatic heterocycles. The van der Waals surface area contributed by atoms with Gasteiger partial charge >= 0.3 is 0 Å². The van der Waals surface area contributed by atoms with Gasteiger partial charge in [-0.15, -0.1) is 0 Å². The Hall–Kier alpha value is -3.82. The third-order valence-electron chi connectivity index (χ3n) is 6.45. The summed E-state index contributed by atoms with van der Waals surface area (Å²) in [5.74, 6) is 0. The second-order valence-electron chi connectivity index (χ2n) is 8.35. The Morgan fingerprint density at radius 2 is 1.27 bits per heavy atom. The zero-order valence-electron chi connectivity index (χ0n) is 17.6. The van der Waals surface area contributed by atoms with E-state index in [9.17, 15) is 0 Å². The SMILES string of the molecule is Brc1cccc(-c2ccc3c(c2)c2ccccc2n3-c2cccc3c2oc2ccccc23)c1. The summed E-state index contributed by atoms with van der Waals surface area (Å²) in [6, 6.07) is 38.5. The molecule has 5 aromatic carbocycles. The molecule has 7 aromatic rings. The molecule has 33 heavy (non-hydrogen) atoms. The maximum Gasteiger partial charge on any atom is 0.159 e. The molecular weight excluding hydrogens is 470 g/mol. The number of hydrogen-bond donors (Lipinski definition) is 0. The Morgan fingerprint density at radius 1 is 0.545 bits per heavy atom. The molecule has 0 spiro atoms. The molecule has 0 unspecified atom stereocenters. The van der Waals surface area contributed by atoms with Crippen LogP contribution in [-0.4, -0.2) is 4.57 Å². The van der Waals surface area contributed by atoms with Crippen LogP contribution in [0, 0.1) is 0 Å². The fourth-order valence-electron chi connectivity index (χ4n) is 4.99. The van der Waals surface area contributed by atoms with Crippen molar-refractivity contribution >= 4 is 59.7 Å². The van der Waals surface area contributed by atoms with E-state index in [1.54, 1.807) is 0 Å². The van der Waals surface area contributed by atoms with E-state index in [1.807, 2.05) is 12.1 Å². The molecule has 0 aliphatic carbocycles. The van der Waals surface area contributed by atoms with E-state index in [2.05, 4.69) is 118 Å². The lowest BCUT2D eigenvalue weighted by molar-refractivity contribution is 0.666. The maximum absolute atomic E-state index is 6.39. The highest BCUT2D eigenvalue weighted by molar-refractivity contribution is 9.10. The zero-order chi connectivity index (χ0) is 21.9. The molecule has 0 N–H and O–H groups in total. The van der Waals surface area contributed by atoms with Gasteiger partial charge in [0.25, 0.3) is 0 Å². The summed E-state index contributed by atoms with van der Waals surface area (Å²) in [6.45, 7) is 0. The summed E-state index contributed by atoms with van der Waals surface area (Å²) < 4.78 is 9.80. The van der Waals surface area contributed by atoms with Crippen LogP contribution < -0.4 is 0 Å². The minimum absolute atomic E-state index is 0.914. The van der Waals surface area contributed by atoms with Gasteiger partial charge in [0.2, 0.25) is 0 Å². The van der Waals surface area contributed by atoms with Crippen LogP contribution in [0.3, 0.4) is 0 Å². The lowest BCUT2D eigenvalue weighted by atomic mass is 10.0. The Balaban J connectivity index is 1.57. The molecule has 0 saturated heterocycles. The van der Waals surface area contributed by atoms with Gasteiger partial charge in [-0.3, -0.25) is 0 Å². The summed E-state index contributed by atoms with van der Waals surface area (Å²) >= 11 is 3.61. The lowest BCUT2D eigenvalue weighted by Crippen LogP contribution is -1.94. The van der Waals surface area contributed by atoms with Gasteiger partial charge in [-0.1, -0.05) is 82.7 Å². The van der Waals surface area contributed by atoms with Crippen molar-refractivity contribution < 1.29 is 4.42 Å². The number of nitrogens with zero attached hydrogens (tertiary/aromatic N) is 1. The van der Waals surface area contributed by atoms with Gasteiger partial charge in [0, 0.05) is 26.0 Å². The van der Waals surface area contributed by atoms with Gasteiger partial charge in [0.15, 0.2) is 5.58 Å². The van der Waals surface area contributed by atoms with Crippen LogP contribution in [0.15, 0.2) is 118 Å². The van der Waals surface area contributed by atoms with Crippen molar-refractivity contribution in [2.45, 2.75) is 0 Å². The predicted molar refractivity (Wildman–Crippen MR) is 141 cm³/mol. The number of fused-ring (bicyclic) bond motifs is 6. The van der Waals surface area contributed by atoms with Gasteiger partial charge in [0.05, 0.1) is 16.7 Å². The molecule has 0 fully saturated rings. The zero-order valence-corrected chi connectivity index (χ0v) is 19.2. The third-order valence-corrected chi connectivity index (χ3v) is 6.95. The first-order valence-corrected chi connectivity index (χ1v) is 11.8. The van der Waals surface area contributed by atoms with Crippen LogP contribution in [0.1, 0.15) is 0 Å². The first-order chi connectivity index (χ1) is 16.3. The molecule has 2 heterocycles. The van der Waals surface area contributed by atoms with E-state index in [4.69, 9.17) is 4.42 Å². The number of aromatic nitrogens is 1. The minimum atomic E-state index is 0.914. The van der Waals surface area contributed by atoms with Gasteiger partial charge in [0.1, 0.15) is 5.58 Å². The van der Waals surface area contributed by atoms with Gasteiger partial charge < -0.3 is 8.98 Å². The number of para-hydroxylation sites is 3. The first-order valence-electron chi connectivity index (χ1n) is 11.0. The number of hydrogen-bond acceptors (Lipinski definition) is 1. The lowest BCUT2D eigenvalue weighted by Gasteiger charge is -2.09. The van der Waals surface area contributed by atoms with E-state index in [-0.39, 0.29) is 0 Å². The summed E-state index contributed by atoms with van der Waals surface area (Å²) in [5, 5.41) is 4.75. The average Bonchev–Trinajstić information content (AvgIpc) is 3.40. The van der Waals surface area contributed by atoms with E-state index >= 15 is 0 Å². The molecule has 0 atom stereocenters. The molecule has 156 valence electrons. The fourth-order valence-corrected chi connectivity index (χ4v) is 5.39. The monoisotopic (exact) mass is 487 g/mol. The van der Waals surface area contributed by atoms with Crippen molar-refractivity contribution in [1.29, 1.82) is 0 Å². The number of rotatable bonds is 2. The van der Waals surface area contributed by atoms with E-state index in [1.165, 1.54) is 32.9 Å². The van der Waals surface area contributed by atoms with Crippen LogP contribution in [0.2, 0.25) is 0 Å². The molecule has 2 nitrogen and oxygen atoms in total. The van der Waals surface area contributed by atoms with Gasteiger partial charge in [-0.25, -0.2) is 0 Å². The van der Waals surface area contributed by atoms with Crippen molar-refractivity contribution in [3.8, 4) is 16.8 Å².